The van der Waals surface area contributed by atoms with Crippen molar-refractivity contribution in [3.63, 3.8) is 0 Å². The summed E-state index contributed by atoms with van der Waals surface area (Å²) in [6.07, 6.45) is -1.25. The zero-order valence-electron chi connectivity index (χ0n) is 15.2. The van der Waals surface area contributed by atoms with E-state index in [0.29, 0.717) is 16.5 Å². The lowest BCUT2D eigenvalue weighted by Gasteiger charge is -2.13. The van der Waals surface area contributed by atoms with Crippen molar-refractivity contribution in [3.05, 3.63) is 66.5 Å². The van der Waals surface area contributed by atoms with Gasteiger partial charge >= 0.3 is 6.18 Å². The van der Waals surface area contributed by atoms with E-state index in [0.717, 1.165) is 23.4 Å². The molecule has 30 heavy (non-hydrogen) atoms. The summed E-state index contributed by atoms with van der Waals surface area (Å²) in [6.45, 7) is 0. The minimum Gasteiger partial charge on any atom is -0.325 e. The second-order valence-corrected chi connectivity index (χ2v) is 7.04. The first-order valence-corrected chi connectivity index (χ1v) is 9.62. The van der Waals surface area contributed by atoms with E-state index >= 15 is 0 Å². The number of alkyl halides is 3. The Bertz CT molecular complexity index is 1200. The third kappa shape index (κ3) is 4.25. The highest BCUT2D eigenvalue weighted by molar-refractivity contribution is 7.99. The normalized spacial score (nSPS) is 11.6. The number of carbonyl (C=O) groups is 1. The molecule has 0 bridgehead atoms. The van der Waals surface area contributed by atoms with Gasteiger partial charge in [-0.2, -0.15) is 22.8 Å². The Hall–Kier alpha value is -3.47. The highest BCUT2D eigenvalue weighted by Crippen LogP contribution is 2.34. The fourth-order valence-electron chi connectivity index (χ4n) is 2.68. The smallest absolute Gasteiger partial charge is 0.325 e. The zero-order valence-corrected chi connectivity index (χ0v) is 16.0. The van der Waals surface area contributed by atoms with Crippen LogP contribution in [0.2, 0.25) is 0 Å². The van der Waals surface area contributed by atoms with Gasteiger partial charge in [-0.3, -0.25) is 9.78 Å². The summed E-state index contributed by atoms with van der Waals surface area (Å²) < 4.78 is 40.7. The Labute approximate surface area is 172 Å². The minimum atomic E-state index is -4.56. The van der Waals surface area contributed by atoms with Gasteiger partial charge in [0.25, 0.3) is 0 Å². The number of hydrogen-bond donors (Lipinski definition) is 1. The summed E-state index contributed by atoms with van der Waals surface area (Å²) in [4.78, 5) is 16.3. The molecule has 0 aliphatic heterocycles. The summed E-state index contributed by atoms with van der Waals surface area (Å²) in [5, 5.41) is 15.1. The molecule has 7 nitrogen and oxygen atoms in total. The highest BCUT2D eigenvalue weighted by atomic mass is 32.2. The number of anilines is 1. The van der Waals surface area contributed by atoms with Crippen molar-refractivity contribution in [2.75, 3.05) is 11.1 Å². The quantitative estimate of drug-likeness (QED) is 0.483. The Balaban J connectivity index is 1.50. The largest absolute Gasteiger partial charge is 0.418 e. The summed E-state index contributed by atoms with van der Waals surface area (Å²) in [6, 6.07) is 11.9. The van der Waals surface area contributed by atoms with Crippen molar-refractivity contribution in [2.45, 2.75) is 11.3 Å². The molecule has 0 saturated carbocycles. The van der Waals surface area contributed by atoms with Crippen LogP contribution in [-0.4, -0.2) is 36.5 Å². The molecule has 3 aromatic heterocycles. The van der Waals surface area contributed by atoms with E-state index in [-0.39, 0.29) is 11.4 Å². The molecule has 0 aliphatic rings. The number of nitrogens with zero attached hydrogens (tertiary/aromatic N) is 5. The number of carbonyl (C=O) groups excluding carboxylic acids is 1. The summed E-state index contributed by atoms with van der Waals surface area (Å²) in [5.41, 5.74) is 0.720. The number of nitrogens with one attached hydrogen (secondary N) is 1. The lowest BCUT2D eigenvalue weighted by molar-refractivity contribution is -0.137. The molecule has 11 heteroatoms. The maximum Gasteiger partial charge on any atom is 0.418 e. The molecule has 0 aliphatic carbocycles. The molecule has 0 atom stereocenters. The Morgan fingerprint density at radius 1 is 1.07 bits per heavy atom. The lowest BCUT2D eigenvalue weighted by Crippen LogP contribution is -2.18. The van der Waals surface area contributed by atoms with Gasteiger partial charge in [0.2, 0.25) is 11.1 Å². The summed E-state index contributed by atoms with van der Waals surface area (Å²) in [7, 11) is 0. The lowest BCUT2D eigenvalue weighted by atomic mass is 10.1. The number of para-hydroxylation sites is 1. The highest BCUT2D eigenvalue weighted by Gasteiger charge is 2.33. The van der Waals surface area contributed by atoms with Crippen molar-refractivity contribution < 1.29 is 18.0 Å². The number of aromatic nitrogens is 5. The Kier molecular flexibility index (Phi) is 5.36. The molecule has 4 aromatic rings. The van der Waals surface area contributed by atoms with Crippen LogP contribution < -0.4 is 5.32 Å². The average molecular weight is 430 g/mol. The van der Waals surface area contributed by atoms with E-state index < -0.39 is 17.6 Å². The molecule has 0 fully saturated rings. The van der Waals surface area contributed by atoms with E-state index in [1.165, 1.54) is 22.7 Å². The van der Waals surface area contributed by atoms with Crippen LogP contribution in [0.1, 0.15) is 5.56 Å². The van der Waals surface area contributed by atoms with Crippen LogP contribution in [0.3, 0.4) is 0 Å². The van der Waals surface area contributed by atoms with Gasteiger partial charge in [0.1, 0.15) is 0 Å². The number of pyridine rings is 1. The van der Waals surface area contributed by atoms with Crippen molar-refractivity contribution in [1.29, 1.82) is 0 Å². The molecule has 1 amide bonds. The maximum atomic E-state index is 13.1. The van der Waals surface area contributed by atoms with E-state index in [1.54, 1.807) is 30.6 Å². The first kappa shape index (κ1) is 19.8. The predicted molar refractivity (Wildman–Crippen MR) is 105 cm³/mol. The van der Waals surface area contributed by atoms with Gasteiger partial charge < -0.3 is 5.32 Å². The second-order valence-electron chi connectivity index (χ2n) is 6.09. The third-order valence-electron chi connectivity index (χ3n) is 4.03. The molecular formula is C19H13F3N6OS. The van der Waals surface area contributed by atoms with Crippen LogP contribution >= 0.6 is 11.8 Å². The van der Waals surface area contributed by atoms with Crippen LogP contribution in [0, 0.1) is 0 Å². The van der Waals surface area contributed by atoms with E-state index in [1.807, 2.05) is 6.07 Å². The maximum absolute atomic E-state index is 13.1. The van der Waals surface area contributed by atoms with Gasteiger partial charge in [-0.25, -0.2) is 0 Å². The van der Waals surface area contributed by atoms with Gasteiger partial charge in [0, 0.05) is 18.0 Å². The predicted octanol–water partition coefficient (Wildman–Crippen LogP) is 3.94. The monoisotopic (exact) mass is 430 g/mol. The standard InChI is InChI=1S/C19H13F3N6OS/c20-19(21,22)13-5-1-2-6-15(13)24-17(29)11-30-18-26-25-16-8-7-14(27-28(16)18)12-4-3-9-23-10-12/h1-10H,11H2,(H,24,29). The number of benzene rings is 1. The van der Waals surface area contributed by atoms with E-state index in [4.69, 9.17) is 0 Å². The first-order valence-electron chi connectivity index (χ1n) is 8.63. The summed E-state index contributed by atoms with van der Waals surface area (Å²) in [5.74, 6) is -0.761. The van der Waals surface area contributed by atoms with Crippen molar-refractivity contribution >= 4 is 29.0 Å². The van der Waals surface area contributed by atoms with Crippen LogP contribution in [0.15, 0.2) is 66.1 Å². The minimum absolute atomic E-state index is 0.161. The van der Waals surface area contributed by atoms with Gasteiger partial charge in [-0.1, -0.05) is 23.9 Å². The van der Waals surface area contributed by atoms with Crippen LogP contribution in [0.5, 0.6) is 0 Å². The average Bonchev–Trinajstić information content (AvgIpc) is 3.15. The molecule has 0 radical (unpaired) electrons. The van der Waals surface area contributed by atoms with Crippen LogP contribution in [0.25, 0.3) is 16.9 Å². The van der Waals surface area contributed by atoms with Crippen LogP contribution in [0.4, 0.5) is 18.9 Å². The van der Waals surface area contributed by atoms with E-state index in [2.05, 4.69) is 25.6 Å². The molecule has 1 N–H and O–H groups in total. The molecule has 0 unspecified atom stereocenters. The van der Waals surface area contributed by atoms with Gasteiger partial charge in [-0.15, -0.1) is 10.2 Å². The summed E-state index contributed by atoms with van der Waals surface area (Å²) >= 11 is 1.02. The molecular weight excluding hydrogens is 417 g/mol. The SMILES string of the molecule is O=C(CSc1nnc2ccc(-c3cccnc3)nn12)Nc1ccccc1C(F)(F)F. The van der Waals surface area contributed by atoms with Crippen LogP contribution in [-0.2, 0) is 11.0 Å². The molecule has 0 saturated heterocycles. The third-order valence-corrected chi connectivity index (χ3v) is 4.95. The fourth-order valence-corrected chi connectivity index (χ4v) is 3.37. The Morgan fingerprint density at radius 3 is 2.67 bits per heavy atom. The number of thioether (sulfide) groups is 1. The molecule has 152 valence electrons. The topological polar surface area (TPSA) is 85.1 Å². The van der Waals surface area contributed by atoms with Gasteiger partial charge in [-0.05, 0) is 36.4 Å². The van der Waals surface area contributed by atoms with E-state index in [9.17, 15) is 18.0 Å². The van der Waals surface area contributed by atoms with Gasteiger partial charge in [0.15, 0.2) is 5.65 Å². The molecule has 4 rings (SSSR count). The number of hydrogen-bond acceptors (Lipinski definition) is 6. The van der Waals surface area contributed by atoms with Crippen molar-refractivity contribution in [3.8, 4) is 11.3 Å². The number of amides is 1. The number of halogens is 3. The zero-order chi connectivity index (χ0) is 21.1. The van der Waals surface area contributed by atoms with Crippen molar-refractivity contribution in [1.82, 2.24) is 24.8 Å². The molecule has 3 heterocycles. The van der Waals surface area contributed by atoms with Gasteiger partial charge in [0.05, 0.1) is 22.7 Å². The molecule has 1 aromatic carbocycles. The Morgan fingerprint density at radius 2 is 1.90 bits per heavy atom. The number of rotatable bonds is 5. The fraction of sp³-hybridized carbons (Fsp3) is 0.105. The van der Waals surface area contributed by atoms with Crippen molar-refractivity contribution in [2.24, 2.45) is 0 Å². The molecule has 0 spiro atoms. The number of fused-ring (bicyclic) bond motifs is 1. The first-order chi connectivity index (χ1) is 14.4. The second kappa shape index (κ2) is 8.11.